The van der Waals surface area contributed by atoms with Gasteiger partial charge in [-0.25, -0.2) is 4.79 Å². The number of imide groups is 1. The number of ketones is 1. The highest BCUT2D eigenvalue weighted by atomic mass is 32.2. The molecule has 17 heteroatoms. The molecule has 7 amide bonds. The Bertz CT molecular complexity index is 1490. The third-order valence-corrected chi connectivity index (χ3v) is 11.3. The zero-order valence-corrected chi connectivity index (χ0v) is 35.0. The number of amides is 7. The van der Waals surface area contributed by atoms with E-state index in [4.69, 9.17) is 10.5 Å². The maximum Gasteiger partial charge on any atom is 0.312 e. The summed E-state index contributed by atoms with van der Waals surface area (Å²) in [7, 11) is 0. The van der Waals surface area contributed by atoms with E-state index in [0.29, 0.717) is 44.3 Å². The predicted octanol–water partition coefficient (Wildman–Crippen LogP) is 3.92. The highest BCUT2D eigenvalue weighted by molar-refractivity contribution is 8.01. The van der Waals surface area contributed by atoms with Crippen molar-refractivity contribution in [3.63, 3.8) is 0 Å². The number of carbonyl (C=O) groups excluding carboxylic acids is 8. The smallest absolute Gasteiger partial charge is 0.312 e. The number of thioether (sulfide) groups is 2. The van der Waals surface area contributed by atoms with E-state index in [2.05, 4.69) is 21.3 Å². The number of nitrogens with one attached hydrogen (secondary N) is 4. The molecule has 1 fully saturated rings. The number of ether oxygens (including phenoxy) is 1. The number of hydrogen-bond acceptors (Lipinski definition) is 11. The summed E-state index contributed by atoms with van der Waals surface area (Å²) in [5.74, 6) is 0.362. The summed E-state index contributed by atoms with van der Waals surface area (Å²) >= 11 is 3.24. The molecule has 1 heterocycles. The molecule has 1 aliphatic rings. The monoisotopic (exact) mass is 820 g/mol. The molecule has 15 nitrogen and oxygen atoms in total. The molecular weight excluding hydrogens is 761 g/mol. The topological polar surface area (TPSA) is 223 Å². The number of anilines is 1. The summed E-state index contributed by atoms with van der Waals surface area (Å²) in [5.41, 5.74) is 6.33. The lowest BCUT2D eigenvalue weighted by atomic mass is 10.0. The Hall–Kier alpha value is -4.12. The number of primary amides is 1. The molecule has 1 unspecified atom stereocenters. The Balaban J connectivity index is 1.81. The van der Waals surface area contributed by atoms with Crippen LogP contribution in [-0.2, 0) is 44.9 Å². The van der Waals surface area contributed by atoms with Crippen molar-refractivity contribution in [2.45, 2.75) is 116 Å². The van der Waals surface area contributed by atoms with Crippen LogP contribution in [0.4, 0.5) is 10.5 Å². The van der Waals surface area contributed by atoms with Crippen molar-refractivity contribution >= 4 is 76.5 Å². The minimum Gasteiger partial charge on any atom is -0.461 e. The van der Waals surface area contributed by atoms with Gasteiger partial charge in [0.1, 0.15) is 24.5 Å². The minimum absolute atomic E-state index is 0.0587. The molecule has 56 heavy (non-hydrogen) atoms. The molecule has 2 rings (SSSR count). The highest BCUT2D eigenvalue weighted by Crippen LogP contribution is 2.26. The number of nitrogens with zero attached hydrogens (tertiary/aromatic N) is 1. The second kappa shape index (κ2) is 25.9. The van der Waals surface area contributed by atoms with Gasteiger partial charge >= 0.3 is 12.0 Å². The van der Waals surface area contributed by atoms with Crippen LogP contribution in [-0.4, -0.2) is 99.9 Å². The highest BCUT2D eigenvalue weighted by Gasteiger charge is 2.38. The average Bonchev–Trinajstić information content (AvgIpc) is 3.41. The number of likely N-dealkylation sites (tertiary alicyclic amines) is 1. The van der Waals surface area contributed by atoms with Gasteiger partial charge in [0.2, 0.25) is 29.5 Å². The van der Waals surface area contributed by atoms with Crippen LogP contribution in [0.3, 0.4) is 0 Å². The second-order valence-corrected chi connectivity index (χ2v) is 16.9. The SMILES string of the molecule is CC(=O)OCc1ccc(NC(=O)[C@H](CCCNC(N)=O)NC(=O)[C@@H](NC(=O)CCCCCN2C(=O)CC(SCCCSCCC(=O)C(C)C)C2=O)C(C)C)cc1. The van der Waals surface area contributed by atoms with Crippen LogP contribution in [0, 0.1) is 11.8 Å². The molecule has 1 saturated heterocycles. The first-order chi connectivity index (χ1) is 26.6. The summed E-state index contributed by atoms with van der Waals surface area (Å²) in [4.78, 5) is 100. The van der Waals surface area contributed by atoms with Gasteiger partial charge in [0.25, 0.3) is 0 Å². The molecule has 0 radical (unpaired) electrons. The Labute approximate surface area is 338 Å². The first-order valence-corrected chi connectivity index (χ1v) is 21.5. The van der Waals surface area contributed by atoms with Gasteiger partial charge in [-0.3, -0.25) is 38.5 Å². The standard InChI is InChI=1S/C39H60N6O9S2/c1-25(2)31(47)17-22-55-20-10-21-56-32-23-34(49)45(38(32)52)19-8-6-7-12-33(48)44-35(26(3)4)37(51)43-30(11-9-18-41-39(40)53)36(50)42-29-15-13-28(14-16-29)24-54-27(5)46/h13-16,25-26,30,32,35H,6-12,17-24H2,1-5H3,(H,42,50)(H,43,51)(H,44,48)(H3,40,41,53)/t30-,32?,35-/m0/s1. The Morgan fingerprint density at radius 3 is 2.23 bits per heavy atom. The van der Waals surface area contributed by atoms with Gasteiger partial charge in [-0.15, -0.1) is 11.8 Å². The van der Waals surface area contributed by atoms with Gasteiger partial charge in [0.05, 0.1) is 5.25 Å². The van der Waals surface area contributed by atoms with Crippen molar-refractivity contribution in [1.29, 1.82) is 0 Å². The van der Waals surface area contributed by atoms with Crippen molar-refractivity contribution in [1.82, 2.24) is 20.9 Å². The lowest BCUT2D eigenvalue weighted by Crippen LogP contribution is -2.54. The molecule has 1 aromatic carbocycles. The lowest BCUT2D eigenvalue weighted by molar-refractivity contribution is -0.142. The van der Waals surface area contributed by atoms with Gasteiger partial charge in [0, 0.05) is 56.6 Å². The van der Waals surface area contributed by atoms with E-state index in [1.807, 2.05) is 13.8 Å². The number of nitrogens with two attached hydrogens (primary N) is 1. The maximum atomic E-state index is 13.5. The molecular formula is C39H60N6O9S2. The van der Waals surface area contributed by atoms with Gasteiger partial charge in [0.15, 0.2) is 0 Å². The number of rotatable bonds is 27. The third-order valence-electron chi connectivity index (χ3n) is 8.91. The van der Waals surface area contributed by atoms with Gasteiger partial charge in [-0.1, -0.05) is 46.2 Å². The van der Waals surface area contributed by atoms with E-state index in [0.717, 1.165) is 29.2 Å². The molecule has 0 bridgehead atoms. The van der Waals surface area contributed by atoms with E-state index in [9.17, 15) is 38.4 Å². The number of esters is 1. The molecule has 0 saturated carbocycles. The molecule has 1 aliphatic heterocycles. The van der Waals surface area contributed by atoms with E-state index >= 15 is 0 Å². The van der Waals surface area contributed by atoms with Crippen LogP contribution in [0.2, 0.25) is 0 Å². The van der Waals surface area contributed by atoms with Gasteiger partial charge in [-0.05, 0) is 67.2 Å². The first kappa shape index (κ1) is 48.0. The molecule has 0 aliphatic carbocycles. The van der Waals surface area contributed by atoms with E-state index in [1.54, 1.807) is 49.9 Å². The summed E-state index contributed by atoms with van der Waals surface area (Å²) < 4.78 is 4.99. The van der Waals surface area contributed by atoms with Gasteiger partial charge < -0.3 is 31.7 Å². The van der Waals surface area contributed by atoms with Crippen LogP contribution in [0.25, 0.3) is 0 Å². The van der Waals surface area contributed by atoms with Crippen LogP contribution in [0.15, 0.2) is 24.3 Å². The van der Waals surface area contributed by atoms with Crippen molar-refractivity contribution in [2.75, 3.05) is 35.7 Å². The van der Waals surface area contributed by atoms with E-state index < -0.39 is 35.9 Å². The second-order valence-electron chi connectivity index (χ2n) is 14.3. The van der Waals surface area contributed by atoms with Crippen molar-refractivity contribution in [3.8, 4) is 0 Å². The van der Waals surface area contributed by atoms with Gasteiger partial charge in [-0.2, -0.15) is 11.8 Å². The third kappa shape index (κ3) is 18.7. The number of unbranched alkanes of at least 4 members (excludes halogenated alkanes) is 2. The predicted molar refractivity (Wildman–Crippen MR) is 219 cm³/mol. The number of carbonyl (C=O) groups is 8. The lowest BCUT2D eigenvalue weighted by Gasteiger charge is -2.25. The average molecular weight is 821 g/mol. The Kier molecular flexibility index (Phi) is 22.2. The summed E-state index contributed by atoms with van der Waals surface area (Å²) in [6, 6.07) is 4.04. The van der Waals surface area contributed by atoms with Crippen molar-refractivity contribution in [2.24, 2.45) is 17.6 Å². The molecule has 1 aromatic rings. The number of Topliss-reactive ketones (excluding diaryl/α,β-unsaturated/α-hetero) is 1. The summed E-state index contributed by atoms with van der Waals surface area (Å²) in [5, 5.41) is 10.4. The fraction of sp³-hybridized carbons (Fsp3) is 0.641. The van der Waals surface area contributed by atoms with Crippen LogP contribution in [0.1, 0.15) is 98.0 Å². The fourth-order valence-electron chi connectivity index (χ4n) is 5.63. The van der Waals surface area contributed by atoms with E-state index in [-0.39, 0.29) is 73.0 Å². The Morgan fingerprint density at radius 2 is 1.59 bits per heavy atom. The molecule has 0 aromatic heterocycles. The van der Waals surface area contributed by atoms with Crippen molar-refractivity contribution < 1.29 is 43.1 Å². The number of benzene rings is 1. The maximum absolute atomic E-state index is 13.5. The molecule has 3 atom stereocenters. The van der Waals surface area contributed by atoms with Crippen LogP contribution < -0.4 is 27.0 Å². The van der Waals surface area contributed by atoms with Crippen LogP contribution in [0.5, 0.6) is 0 Å². The fourth-order valence-corrected chi connectivity index (χ4v) is 7.83. The molecule has 6 N–H and O–H groups in total. The molecule has 312 valence electrons. The Morgan fingerprint density at radius 1 is 0.875 bits per heavy atom. The normalized spacial score (nSPS) is 15.1. The van der Waals surface area contributed by atoms with E-state index in [1.165, 1.54) is 23.6 Å². The number of urea groups is 1. The molecule has 0 spiro atoms. The van der Waals surface area contributed by atoms with Crippen LogP contribution >= 0.6 is 23.5 Å². The zero-order chi connectivity index (χ0) is 41.6. The largest absolute Gasteiger partial charge is 0.461 e. The zero-order valence-electron chi connectivity index (χ0n) is 33.3. The quantitative estimate of drug-likeness (QED) is 0.0486. The number of hydrogen-bond donors (Lipinski definition) is 5. The minimum atomic E-state index is -0.999. The summed E-state index contributed by atoms with van der Waals surface area (Å²) in [6.07, 6.45) is 3.95. The van der Waals surface area contributed by atoms with Crippen molar-refractivity contribution in [3.05, 3.63) is 29.8 Å². The summed E-state index contributed by atoms with van der Waals surface area (Å²) in [6.45, 7) is 9.25. The first-order valence-electron chi connectivity index (χ1n) is 19.3.